The van der Waals surface area contributed by atoms with Gasteiger partial charge in [-0.2, -0.15) is 0 Å². The normalized spacial score (nSPS) is 12.1. The fourth-order valence-electron chi connectivity index (χ4n) is 2.56. The van der Waals surface area contributed by atoms with Crippen LogP contribution in [0.3, 0.4) is 0 Å². The highest BCUT2D eigenvalue weighted by atomic mass is 79.9. The molecule has 0 unspecified atom stereocenters. The lowest BCUT2D eigenvalue weighted by Crippen LogP contribution is -1.97. The van der Waals surface area contributed by atoms with Crippen LogP contribution < -0.4 is 0 Å². The zero-order valence-corrected chi connectivity index (χ0v) is 11.8. The summed E-state index contributed by atoms with van der Waals surface area (Å²) < 4.78 is 1.11. The van der Waals surface area contributed by atoms with Gasteiger partial charge in [-0.3, -0.25) is 4.79 Å². The first kappa shape index (κ1) is 11.7. The van der Waals surface area contributed by atoms with Crippen LogP contribution in [0.2, 0.25) is 0 Å². The molecule has 2 aromatic rings. The summed E-state index contributed by atoms with van der Waals surface area (Å²) in [5.74, 6) is 0.218. The molecule has 0 N–H and O–H groups in total. The van der Waals surface area contributed by atoms with Crippen molar-refractivity contribution in [3.05, 3.63) is 57.6 Å². The molecule has 0 saturated heterocycles. The van der Waals surface area contributed by atoms with Crippen LogP contribution in [-0.4, -0.2) is 5.78 Å². The van der Waals surface area contributed by atoms with Crippen LogP contribution in [0.25, 0.3) is 11.1 Å². The van der Waals surface area contributed by atoms with E-state index >= 15 is 0 Å². The molecular formula is C16H13BrO. The van der Waals surface area contributed by atoms with Gasteiger partial charge < -0.3 is 0 Å². The summed E-state index contributed by atoms with van der Waals surface area (Å²) in [5.41, 5.74) is 6.00. The highest BCUT2D eigenvalue weighted by Gasteiger charge is 2.19. The molecule has 90 valence electrons. The van der Waals surface area contributed by atoms with Gasteiger partial charge in [-0.05, 0) is 46.9 Å². The van der Waals surface area contributed by atoms with E-state index in [1.54, 1.807) is 0 Å². The molecule has 2 aromatic carbocycles. The first-order valence-corrected chi connectivity index (χ1v) is 6.93. The van der Waals surface area contributed by atoms with Gasteiger partial charge in [-0.15, -0.1) is 0 Å². The number of hydrogen-bond donors (Lipinski definition) is 0. The molecular weight excluding hydrogens is 288 g/mol. The quantitative estimate of drug-likeness (QED) is 0.632. The zero-order valence-electron chi connectivity index (χ0n) is 10.2. The molecule has 1 aliphatic rings. The number of carbonyl (C=O) groups excluding carboxylic acids is 1. The maximum atomic E-state index is 11.7. The van der Waals surface area contributed by atoms with Crippen LogP contribution in [0, 0.1) is 0 Å². The molecule has 0 aliphatic heterocycles. The van der Waals surface area contributed by atoms with Gasteiger partial charge in [0.2, 0.25) is 0 Å². The van der Waals surface area contributed by atoms with E-state index in [-0.39, 0.29) is 5.78 Å². The molecule has 0 fully saturated rings. The lowest BCUT2D eigenvalue weighted by molar-refractivity contribution is 0.0988. The second-order valence-corrected chi connectivity index (χ2v) is 5.54. The highest BCUT2D eigenvalue weighted by molar-refractivity contribution is 9.10. The third-order valence-electron chi connectivity index (χ3n) is 3.49. The maximum absolute atomic E-state index is 11.7. The minimum atomic E-state index is 0.218. The van der Waals surface area contributed by atoms with Crippen molar-refractivity contribution in [1.29, 1.82) is 0 Å². The summed E-state index contributed by atoms with van der Waals surface area (Å²) in [6.07, 6.45) is 1.49. The SMILES string of the molecule is CCC(=O)c1ccc2c(c1)Cc1cc(Br)ccc1-2. The van der Waals surface area contributed by atoms with E-state index in [1.165, 1.54) is 22.3 Å². The summed E-state index contributed by atoms with van der Waals surface area (Å²) in [5, 5.41) is 0. The molecule has 0 heterocycles. The van der Waals surface area contributed by atoms with Gasteiger partial charge in [-0.25, -0.2) is 0 Å². The third-order valence-corrected chi connectivity index (χ3v) is 3.98. The smallest absolute Gasteiger partial charge is 0.162 e. The lowest BCUT2D eigenvalue weighted by atomic mass is 10.0. The second-order valence-electron chi connectivity index (χ2n) is 4.63. The van der Waals surface area contributed by atoms with Crippen molar-refractivity contribution in [3.63, 3.8) is 0 Å². The fourth-order valence-corrected chi connectivity index (χ4v) is 2.97. The number of benzene rings is 2. The highest BCUT2D eigenvalue weighted by Crippen LogP contribution is 2.38. The Morgan fingerprint density at radius 2 is 1.78 bits per heavy atom. The van der Waals surface area contributed by atoms with Crippen LogP contribution in [0.1, 0.15) is 34.8 Å². The standard InChI is InChI=1S/C16H13BrO/c1-2-16(18)10-3-5-14-11(7-10)8-12-9-13(17)4-6-15(12)14/h3-7,9H,2,8H2,1H3. The van der Waals surface area contributed by atoms with E-state index in [0.717, 1.165) is 16.5 Å². The Kier molecular flexibility index (Phi) is 2.83. The predicted molar refractivity (Wildman–Crippen MR) is 77.0 cm³/mol. The molecule has 0 amide bonds. The molecule has 2 heteroatoms. The van der Waals surface area contributed by atoms with E-state index in [0.29, 0.717) is 6.42 Å². The molecule has 1 aliphatic carbocycles. The monoisotopic (exact) mass is 300 g/mol. The van der Waals surface area contributed by atoms with Crippen molar-refractivity contribution < 1.29 is 4.79 Å². The zero-order chi connectivity index (χ0) is 12.7. The average Bonchev–Trinajstić information content (AvgIpc) is 2.73. The largest absolute Gasteiger partial charge is 0.294 e. The van der Waals surface area contributed by atoms with Crippen LogP contribution >= 0.6 is 15.9 Å². The Labute approximate surface area is 115 Å². The van der Waals surface area contributed by atoms with E-state index in [9.17, 15) is 4.79 Å². The molecule has 1 nitrogen and oxygen atoms in total. The van der Waals surface area contributed by atoms with Gasteiger partial charge in [0.1, 0.15) is 0 Å². The summed E-state index contributed by atoms with van der Waals surface area (Å²) >= 11 is 3.50. The van der Waals surface area contributed by atoms with Gasteiger partial charge in [0.25, 0.3) is 0 Å². The summed E-state index contributed by atoms with van der Waals surface area (Å²) in [7, 11) is 0. The van der Waals surface area contributed by atoms with E-state index < -0.39 is 0 Å². The molecule has 18 heavy (non-hydrogen) atoms. The maximum Gasteiger partial charge on any atom is 0.162 e. The minimum absolute atomic E-state index is 0.218. The molecule has 0 aromatic heterocycles. The first-order chi connectivity index (χ1) is 8.69. The molecule has 3 rings (SSSR count). The number of fused-ring (bicyclic) bond motifs is 3. The van der Waals surface area contributed by atoms with Gasteiger partial charge in [0.15, 0.2) is 5.78 Å². The Bertz CT molecular complexity index is 644. The van der Waals surface area contributed by atoms with Gasteiger partial charge >= 0.3 is 0 Å². The number of rotatable bonds is 2. The third kappa shape index (κ3) is 1.81. The van der Waals surface area contributed by atoms with Crippen molar-refractivity contribution >= 4 is 21.7 Å². The van der Waals surface area contributed by atoms with Crippen LogP contribution in [-0.2, 0) is 6.42 Å². The van der Waals surface area contributed by atoms with Gasteiger partial charge in [0, 0.05) is 16.5 Å². The topological polar surface area (TPSA) is 17.1 Å². The Hall–Kier alpha value is -1.41. The van der Waals surface area contributed by atoms with E-state index in [1.807, 2.05) is 13.0 Å². The number of carbonyl (C=O) groups is 1. The molecule has 0 atom stereocenters. The summed E-state index contributed by atoms with van der Waals surface area (Å²) in [4.78, 5) is 11.7. The van der Waals surface area contributed by atoms with Crippen molar-refractivity contribution in [2.45, 2.75) is 19.8 Å². The van der Waals surface area contributed by atoms with Gasteiger partial charge in [0.05, 0.1) is 0 Å². The van der Waals surface area contributed by atoms with E-state index in [2.05, 4.69) is 46.3 Å². The molecule has 0 spiro atoms. The number of hydrogen-bond acceptors (Lipinski definition) is 1. The number of halogens is 1. The van der Waals surface area contributed by atoms with Crippen LogP contribution in [0.5, 0.6) is 0 Å². The summed E-state index contributed by atoms with van der Waals surface area (Å²) in [6, 6.07) is 12.5. The predicted octanol–water partition coefficient (Wildman–Crippen LogP) is 4.61. The van der Waals surface area contributed by atoms with Crippen LogP contribution in [0.15, 0.2) is 40.9 Å². The number of Topliss-reactive ketones (excluding diaryl/α,β-unsaturated/α-hetero) is 1. The lowest BCUT2D eigenvalue weighted by Gasteiger charge is -2.03. The van der Waals surface area contributed by atoms with E-state index in [4.69, 9.17) is 0 Å². The Balaban J connectivity index is 2.09. The number of ketones is 1. The first-order valence-electron chi connectivity index (χ1n) is 6.14. The average molecular weight is 301 g/mol. The molecule has 0 radical (unpaired) electrons. The van der Waals surface area contributed by atoms with Crippen LogP contribution in [0.4, 0.5) is 0 Å². The van der Waals surface area contributed by atoms with Gasteiger partial charge in [-0.1, -0.05) is 41.1 Å². The van der Waals surface area contributed by atoms with Crippen molar-refractivity contribution in [1.82, 2.24) is 0 Å². The Morgan fingerprint density at radius 1 is 1.11 bits per heavy atom. The van der Waals surface area contributed by atoms with Crippen molar-refractivity contribution in [3.8, 4) is 11.1 Å². The fraction of sp³-hybridized carbons (Fsp3) is 0.188. The summed E-state index contributed by atoms with van der Waals surface area (Å²) in [6.45, 7) is 1.90. The minimum Gasteiger partial charge on any atom is -0.294 e. The Morgan fingerprint density at radius 3 is 2.50 bits per heavy atom. The second kappa shape index (κ2) is 4.36. The molecule has 0 bridgehead atoms. The van der Waals surface area contributed by atoms with Crippen molar-refractivity contribution in [2.75, 3.05) is 0 Å². The molecule has 0 saturated carbocycles. The van der Waals surface area contributed by atoms with Crippen molar-refractivity contribution in [2.24, 2.45) is 0 Å².